The van der Waals surface area contributed by atoms with Gasteiger partial charge in [-0.05, 0) is 72.9 Å². The predicted molar refractivity (Wildman–Crippen MR) is 119 cm³/mol. The molecule has 3 heterocycles. The maximum atomic E-state index is 10.6. The number of fused-ring (bicyclic) bond motifs is 3. The van der Waals surface area contributed by atoms with E-state index in [1.807, 2.05) is 36.4 Å². The molecule has 2 fully saturated rings. The van der Waals surface area contributed by atoms with Gasteiger partial charge in [-0.2, -0.15) is 0 Å². The lowest BCUT2D eigenvalue weighted by atomic mass is 9.83. The summed E-state index contributed by atoms with van der Waals surface area (Å²) in [5, 5.41) is 25.2. The lowest BCUT2D eigenvalue weighted by molar-refractivity contribution is 0.219. The number of aromatic hydroxyl groups is 1. The van der Waals surface area contributed by atoms with Gasteiger partial charge in [0.1, 0.15) is 11.5 Å². The van der Waals surface area contributed by atoms with E-state index >= 15 is 0 Å². The number of piperidine rings is 2. The highest BCUT2D eigenvalue weighted by atomic mass is 16.5. The zero-order valence-corrected chi connectivity index (χ0v) is 17.5. The van der Waals surface area contributed by atoms with Crippen LogP contribution < -0.4 is 15.0 Å². The van der Waals surface area contributed by atoms with Gasteiger partial charge in [0, 0.05) is 30.7 Å². The Morgan fingerprint density at radius 1 is 1.00 bits per heavy atom. The number of phenolic OH excluding ortho intramolecular Hbond substituents is 1. The highest BCUT2D eigenvalue weighted by Crippen LogP contribution is 2.34. The van der Waals surface area contributed by atoms with Crippen LogP contribution >= 0.6 is 0 Å². The molecular formula is C24H28N4O2. The van der Waals surface area contributed by atoms with E-state index in [1.165, 1.54) is 19.3 Å². The summed E-state index contributed by atoms with van der Waals surface area (Å²) >= 11 is 0. The number of nitrogens with one attached hydrogen (secondary N) is 1. The van der Waals surface area contributed by atoms with E-state index in [4.69, 9.17) is 4.74 Å². The Morgan fingerprint density at radius 3 is 2.50 bits per heavy atom. The lowest BCUT2D eigenvalue weighted by Gasteiger charge is -2.43. The first-order valence-electron chi connectivity index (χ1n) is 10.7. The van der Waals surface area contributed by atoms with Gasteiger partial charge in [-0.3, -0.25) is 0 Å². The molecule has 156 valence electrons. The van der Waals surface area contributed by atoms with Crippen LogP contribution in [-0.2, 0) is 0 Å². The SMILES string of the molecule is COc1ccc2cc(-c3ccc(N(C)C4C[C@H]5CCC[C@@H](C4)N5)nn3)c(O)cc2c1. The number of ether oxygens (including phenoxy) is 1. The van der Waals surface area contributed by atoms with Crippen molar-refractivity contribution in [3.05, 3.63) is 42.5 Å². The Kier molecular flexibility index (Phi) is 4.95. The molecule has 3 aromatic rings. The zero-order chi connectivity index (χ0) is 20.7. The average molecular weight is 405 g/mol. The smallest absolute Gasteiger partial charge is 0.151 e. The van der Waals surface area contributed by atoms with Crippen LogP contribution in [-0.4, -0.2) is 47.6 Å². The summed E-state index contributed by atoms with van der Waals surface area (Å²) in [5.74, 6) is 1.84. The van der Waals surface area contributed by atoms with Gasteiger partial charge in [-0.1, -0.05) is 12.5 Å². The fourth-order valence-corrected chi connectivity index (χ4v) is 4.99. The van der Waals surface area contributed by atoms with Crippen molar-refractivity contribution in [2.24, 2.45) is 0 Å². The Balaban J connectivity index is 1.38. The molecule has 0 spiro atoms. The minimum atomic E-state index is 0.192. The number of hydrogen-bond acceptors (Lipinski definition) is 6. The first kappa shape index (κ1) is 19.1. The van der Waals surface area contributed by atoms with Crippen LogP contribution in [0.15, 0.2) is 42.5 Å². The zero-order valence-electron chi connectivity index (χ0n) is 17.5. The Hall–Kier alpha value is -2.86. The molecule has 0 radical (unpaired) electrons. The summed E-state index contributed by atoms with van der Waals surface area (Å²) in [6, 6.07) is 15.2. The minimum Gasteiger partial charge on any atom is -0.507 e. The number of aromatic nitrogens is 2. The summed E-state index contributed by atoms with van der Waals surface area (Å²) in [4.78, 5) is 2.27. The molecule has 0 amide bonds. The summed E-state index contributed by atoms with van der Waals surface area (Å²) in [6.45, 7) is 0. The molecule has 2 saturated heterocycles. The number of hydrogen-bond donors (Lipinski definition) is 2. The summed E-state index contributed by atoms with van der Waals surface area (Å²) in [7, 11) is 3.76. The second-order valence-corrected chi connectivity index (χ2v) is 8.59. The molecule has 0 aliphatic carbocycles. The van der Waals surface area contributed by atoms with Crippen molar-refractivity contribution in [3.8, 4) is 22.8 Å². The van der Waals surface area contributed by atoms with Crippen LogP contribution in [0, 0.1) is 0 Å². The van der Waals surface area contributed by atoms with Crippen LogP contribution in [0.3, 0.4) is 0 Å². The van der Waals surface area contributed by atoms with Gasteiger partial charge >= 0.3 is 0 Å². The Labute approximate surface area is 176 Å². The largest absolute Gasteiger partial charge is 0.507 e. The first-order valence-corrected chi connectivity index (χ1v) is 10.7. The maximum Gasteiger partial charge on any atom is 0.151 e. The number of rotatable bonds is 4. The molecule has 3 atom stereocenters. The normalized spacial score (nSPS) is 23.3. The third-order valence-electron chi connectivity index (χ3n) is 6.69. The minimum absolute atomic E-state index is 0.192. The quantitative estimate of drug-likeness (QED) is 0.682. The fourth-order valence-electron chi connectivity index (χ4n) is 4.99. The second kappa shape index (κ2) is 7.76. The third kappa shape index (κ3) is 3.56. The summed E-state index contributed by atoms with van der Waals surface area (Å²) < 4.78 is 5.27. The van der Waals surface area contributed by atoms with Gasteiger partial charge in [0.05, 0.1) is 12.8 Å². The van der Waals surface area contributed by atoms with Crippen LogP contribution in [0.4, 0.5) is 5.82 Å². The van der Waals surface area contributed by atoms with Gasteiger partial charge in [-0.25, -0.2) is 0 Å². The third-order valence-corrected chi connectivity index (χ3v) is 6.69. The molecule has 0 saturated carbocycles. The van der Waals surface area contributed by atoms with Crippen LogP contribution in [0.5, 0.6) is 11.5 Å². The highest BCUT2D eigenvalue weighted by molar-refractivity contribution is 5.90. The van der Waals surface area contributed by atoms with Crippen molar-refractivity contribution < 1.29 is 9.84 Å². The monoisotopic (exact) mass is 404 g/mol. The van der Waals surface area contributed by atoms with Crippen LogP contribution in [0.25, 0.3) is 22.0 Å². The molecule has 5 rings (SSSR count). The molecule has 1 aromatic heterocycles. The predicted octanol–water partition coefficient (Wildman–Crippen LogP) is 4.12. The van der Waals surface area contributed by atoms with Crippen molar-refractivity contribution in [2.45, 2.75) is 50.2 Å². The van der Waals surface area contributed by atoms with Crippen LogP contribution in [0.1, 0.15) is 32.1 Å². The van der Waals surface area contributed by atoms with E-state index < -0.39 is 0 Å². The number of anilines is 1. The molecule has 2 aliphatic rings. The number of benzene rings is 2. The standard InChI is InChI=1S/C24H28N4O2/c1-28(19-13-17-4-3-5-18(14-19)25-17)24-9-8-22(26-27-24)21-11-15-6-7-20(30-2)10-16(15)12-23(21)29/h6-12,17-19,25,29H,3-5,13-14H2,1-2H3/t17-,18+,19?. The van der Waals surface area contributed by atoms with Gasteiger partial charge in [0.25, 0.3) is 0 Å². The van der Waals surface area contributed by atoms with Crippen molar-refractivity contribution in [3.63, 3.8) is 0 Å². The van der Waals surface area contributed by atoms with E-state index in [0.29, 0.717) is 29.4 Å². The maximum absolute atomic E-state index is 10.6. The molecule has 2 bridgehead atoms. The molecule has 6 nitrogen and oxygen atoms in total. The lowest BCUT2D eigenvalue weighted by Crippen LogP contribution is -2.54. The van der Waals surface area contributed by atoms with E-state index in [2.05, 4.69) is 27.5 Å². The van der Waals surface area contributed by atoms with Crippen molar-refractivity contribution in [2.75, 3.05) is 19.1 Å². The van der Waals surface area contributed by atoms with Gasteiger partial charge in [0.15, 0.2) is 5.82 Å². The summed E-state index contributed by atoms with van der Waals surface area (Å²) in [6.07, 6.45) is 6.21. The van der Waals surface area contributed by atoms with E-state index in [9.17, 15) is 5.11 Å². The molecular weight excluding hydrogens is 376 g/mol. The number of nitrogens with zero attached hydrogens (tertiary/aromatic N) is 3. The molecule has 30 heavy (non-hydrogen) atoms. The molecule has 6 heteroatoms. The van der Waals surface area contributed by atoms with Gasteiger partial charge in [0.2, 0.25) is 0 Å². The first-order chi connectivity index (χ1) is 14.6. The number of methoxy groups -OCH3 is 1. The Bertz CT molecular complexity index is 1040. The fraction of sp³-hybridized carbons (Fsp3) is 0.417. The average Bonchev–Trinajstić information content (AvgIpc) is 2.77. The van der Waals surface area contributed by atoms with Crippen molar-refractivity contribution >= 4 is 16.6 Å². The molecule has 1 unspecified atom stereocenters. The van der Waals surface area contributed by atoms with Crippen molar-refractivity contribution in [1.29, 1.82) is 0 Å². The molecule has 2 aromatic carbocycles. The van der Waals surface area contributed by atoms with E-state index in [0.717, 1.165) is 35.2 Å². The van der Waals surface area contributed by atoms with Crippen molar-refractivity contribution in [1.82, 2.24) is 15.5 Å². The highest BCUT2D eigenvalue weighted by Gasteiger charge is 2.33. The van der Waals surface area contributed by atoms with E-state index in [-0.39, 0.29) is 5.75 Å². The Morgan fingerprint density at radius 2 is 1.80 bits per heavy atom. The molecule has 2 aliphatic heterocycles. The number of phenols is 1. The topological polar surface area (TPSA) is 70.5 Å². The summed E-state index contributed by atoms with van der Waals surface area (Å²) in [5.41, 5.74) is 1.36. The van der Waals surface area contributed by atoms with Gasteiger partial charge in [-0.15, -0.1) is 10.2 Å². The van der Waals surface area contributed by atoms with Gasteiger partial charge < -0.3 is 20.1 Å². The van der Waals surface area contributed by atoms with E-state index in [1.54, 1.807) is 13.2 Å². The second-order valence-electron chi connectivity index (χ2n) is 8.59. The van der Waals surface area contributed by atoms with Crippen LogP contribution in [0.2, 0.25) is 0 Å². The molecule has 2 N–H and O–H groups in total.